The van der Waals surface area contributed by atoms with E-state index in [-0.39, 0.29) is 6.04 Å². The predicted octanol–water partition coefficient (Wildman–Crippen LogP) is 3.81. The molecule has 0 radical (unpaired) electrons. The minimum atomic E-state index is 0.254. The molecule has 4 heteroatoms. The molecule has 1 aromatic heterocycles. The van der Waals surface area contributed by atoms with Crippen LogP contribution in [0.15, 0.2) is 6.20 Å². The Kier molecular flexibility index (Phi) is 5.63. The zero-order chi connectivity index (χ0) is 15.5. The standard InChI is InChI=1S/C16H31N3O/c1-11(2)19-15(14(20-8)10-18-19)13(17-7)9-12(3)16(4,5)6/h10-13,17H,9H2,1-8H3. The Morgan fingerprint density at radius 3 is 2.30 bits per heavy atom. The highest BCUT2D eigenvalue weighted by molar-refractivity contribution is 5.29. The number of nitrogens with one attached hydrogen (secondary N) is 1. The Bertz CT molecular complexity index is 418. The first kappa shape index (κ1) is 17.0. The van der Waals surface area contributed by atoms with E-state index >= 15 is 0 Å². The van der Waals surface area contributed by atoms with E-state index in [9.17, 15) is 0 Å². The Hall–Kier alpha value is -1.03. The van der Waals surface area contributed by atoms with Gasteiger partial charge >= 0.3 is 0 Å². The van der Waals surface area contributed by atoms with Gasteiger partial charge in [-0.05, 0) is 38.6 Å². The summed E-state index contributed by atoms with van der Waals surface area (Å²) in [6.07, 6.45) is 2.89. The zero-order valence-corrected chi connectivity index (χ0v) is 14.3. The molecule has 1 rings (SSSR count). The molecular weight excluding hydrogens is 250 g/mol. The topological polar surface area (TPSA) is 39.1 Å². The molecule has 116 valence electrons. The molecule has 0 aromatic carbocycles. The SMILES string of the molecule is CNC(CC(C)C(C)(C)C)c1c(OC)cnn1C(C)C. The molecule has 0 bridgehead atoms. The van der Waals surface area contributed by atoms with Crippen LogP contribution in [-0.2, 0) is 0 Å². The Morgan fingerprint density at radius 2 is 1.90 bits per heavy atom. The Balaban J connectivity index is 3.08. The fourth-order valence-electron chi connectivity index (χ4n) is 2.33. The van der Waals surface area contributed by atoms with Crippen LogP contribution in [0.2, 0.25) is 0 Å². The molecule has 2 unspecified atom stereocenters. The molecule has 4 nitrogen and oxygen atoms in total. The summed E-state index contributed by atoms with van der Waals surface area (Å²) in [6.45, 7) is 13.5. The second-order valence-corrected chi connectivity index (χ2v) is 6.98. The summed E-state index contributed by atoms with van der Waals surface area (Å²) in [6, 6.07) is 0.582. The molecule has 0 saturated heterocycles. The van der Waals surface area contributed by atoms with Crippen molar-refractivity contribution in [1.82, 2.24) is 15.1 Å². The normalized spacial score (nSPS) is 15.4. The van der Waals surface area contributed by atoms with Gasteiger partial charge in [-0.25, -0.2) is 0 Å². The third kappa shape index (κ3) is 3.75. The van der Waals surface area contributed by atoms with E-state index < -0.39 is 0 Å². The zero-order valence-electron chi connectivity index (χ0n) is 14.3. The van der Waals surface area contributed by atoms with Crippen molar-refractivity contribution in [3.05, 3.63) is 11.9 Å². The fraction of sp³-hybridized carbons (Fsp3) is 0.812. The molecule has 1 heterocycles. The number of methoxy groups -OCH3 is 1. The Labute approximate surface area is 123 Å². The third-order valence-corrected chi connectivity index (χ3v) is 4.25. The lowest BCUT2D eigenvalue weighted by Crippen LogP contribution is -2.28. The van der Waals surface area contributed by atoms with Gasteiger partial charge in [-0.15, -0.1) is 0 Å². The van der Waals surface area contributed by atoms with Gasteiger partial charge in [0.25, 0.3) is 0 Å². The Morgan fingerprint density at radius 1 is 1.30 bits per heavy atom. The first-order valence-electron chi connectivity index (χ1n) is 7.51. The van der Waals surface area contributed by atoms with E-state index in [4.69, 9.17) is 4.74 Å². The largest absolute Gasteiger partial charge is 0.493 e. The maximum absolute atomic E-state index is 5.50. The predicted molar refractivity (Wildman–Crippen MR) is 84.2 cm³/mol. The second-order valence-electron chi connectivity index (χ2n) is 6.98. The van der Waals surface area contributed by atoms with Gasteiger partial charge in [-0.3, -0.25) is 4.68 Å². The minimum Gasteiger partial charge on any atom is -0.493 e. The van der Waals surface area contributed by atoms with Crippen molar-refractivity contribution in [2.45, 2.75) is 60.0 Å². The summed E-state index contributed by atoms with van der Waals surface area (Å²) in [4.78, 5) is 0. The van der Waals surface area contributed by atoms with Crippen LogP contribution < -0.4 is 10.1 Å². The maximum Gasteiger partial charge on any atom is 0.161 e. The second kappa shape index (κ2) is 6.61. The van der Waals surface area contributed by atoms with Crippen LogP contribution in [0.4, 0.5) is 0 Å². The lowest BCUT2D eigenvalue weighted by molar-refractivity contribution is 0.220. The third-order valence-electron chi connectivity index (χ3n) is 4.25. The quantitative estimate of drug-likeness (QED) is 0.862. The number of aromatic nitrogens is 2. The summed E-state index contributed by atoms with van der Waals surface area (Å²) in [5, 5.41) is 7.91. The minimum absolute atomic E-state index is 0.254. The summed E-state index contributed by atoms with van der Waals surface area (Å²) >= 11 is 0. The van der Waals surface area contributed by atoms with Crippen LogP contribution in [-0.4, -0.2) is 23.9 Å². The van der Waals surface area contributed by atoms with Crippen molar-refractivity contribution >= 4 is 0 Å². The van der Waals surface area contributed by atoms with Crippen LogP contribution in [0, 0.1) is 11.3 Å². The molecule has 0 saturated carbocycles. The summed E-state index contributed by atoms with van der Waals surface area (Å²) < 4.78 is 7.57. The van der Waals surface area contributed by atoms with Crippen molar-refractivity contribution in [2.75, 3.05) is 14.2 Å². The molecule has 0 aliphatic rings. The molecule has 0 spiro atoms. The lowest BCUT2D eigenvalue weighted by atomic mass is 9.78. The van der Waals surface area contributed by atoms with Gasteiger partial charge in [-0.2, -0.15) is 5.10 Å². The van der Waals surface area contributed by atoms with Crippen LogP contribution in [0.1, 0.15) is 65.7 Å². The van der Waals surface area contributed by atoms with Crippen LogP contribution in [0.5, 0.6) is 5.75 Å². The summed E-state index contributed by atoms with van der Waals surface area (Å²) in [5.74, 6) is 1.47. The van der Waals surface area contributed by atoms with E-state index in [1.165, 1.54) is 0 Å². The van der Waals surface area contributed by atoms with Crippen molar-refractivity contribution in [1.29, 1.82) is 0 Å². The molecule has 0 aliphatic heterocycles. The summed E-state index contributed by atoms with van der Waals surface area (Å²) in [7, 11) is 3.72. The highest BCUT2D eigenvalue weighted by Gasteiger charge is 2.28. The average Bonchev–Trinajstić information content (AvgIpc) is 2.78. The molecular formula is C16H31N3O. The number of rotatable bonds is 6. The van der Waals surface area contributed by atoms with E-state index in [0.717, 1.165) is 17.9 Å². The van der Waals surface area contributed by atoms with Gasteiger partial charge < -0.3 is 10.1 Å². The monoisotopic (exact) mass is 281 g/mol. The molecule has 0 fully saturated rings. The highest BCUT2D eigenvalue weighted by Crippen LogP contribution is 2.36. The van der Waals surface area contributed by atoms with Gasteiger partial charge in [0.1, 0.15) is 0 Å². The van der Waals surface area contributed by atoms with Gasteiger partial charge in [0.15, 0.2) is 5.75 Å². The first-order valence-corrected chi connectivity index (χ1v) is 7.51. The average molecular weight is 281 g/mol. The van der Waals surface area contributed by atoms with Crippen LogP contribution in [0.25, 0.3) is 0 Å². The van der Waals surface area contributed by atoms with Crippen molar-refractivity contribution in [3.8, 4) is 5.75 Å². The van der Waals surface area contributed by atoms with E-state index in [0.29, 0.717) is 17.4 Å². The smallest absolute Gasteiger partial charge is 0.161 e. The highest BCUT2D eigenvalue weighted by atomic mass is 16.5. The van der Waals surface area contributed by atoms with Gasteiger partial charge in [-0.1, -0.05) is 27.7 Å². The number of nitrogens with zero attached hydrogens (tertiary/aromatic N) is 2. The number of hydrogen-bond donors (Lipinski definition) is 1. The van der Waals surface area contributed by atoms with Gasteiger partial charge in [0.05, 0.1) is 25.0 Å². The van der Waals surface area contributed by atoms with Crippen molar-refractivity contribution in [2.24, 2.45) is 11.3 Å². The summed E-state index contributed by atoms with van der Waals surface area (Å²) in [5.41, 5.74) is 1.45. The van der Waals surface area contributed by atoms with Gasteiger partial charge in [0.2, 0.25) is 0 Å². The number of hydrogen-bond acceptors (Lipinski definition) is 3. The fourth-order valence-corrected chi connectivity index (χ4v) is 2.33. The van der Waals surface area contributed by atoms with E-state index in [1.54, 1.807) is 7.11 Å². The molecule has 1 N–H and O–H groups in total. The molecule has 20 heavy (non-hydrogen) atoms. The van der Waals surface area contributed by atoms with Crippen LogP contribution >= 0.6 is 0 Å². The maximum atomic E-state index is 5.50. The van der Waals surface area contributed by atoms with Gasteiger partial charge in [0, 0.05) is 6.04 Å². The molecule has 1 aromatic rings. The first-order chi connectivity index (χ1) is 9.22. The van der Waals surface area contributed by atoms with Crippen LogP contribution in [0.3, 0.4) is 0 Å². The molecule has 0 aliphatic carbocycles. The number of ether oxygens (including phenoxy) is 1. The van der Waals surface area contributed by atoms with Crippen molar-refractivity contribution < 1.29 is 4.74 Å². The molecule has 2 atom stereocenters. The van der Waals surface area contributed by atoms with Crippen molar-refractivity contribution in [3.63, 3.8) is 0 Å². The molecule has 0 amide bonds. The lowest BCUT2D eigenvalue weighted by Gasteiger charge is -2.31. The van der Waals surface area contributed by atoms with E-state index in [2.05, 4.69) is 56.6 Å². The van der Waals surface area contributed by atoms with E-state index in [1.807, 2.05) is 13.2 Å².